The summed E-state index contributed by atoms with van der Waals surface area (Å²) in [6.45, 7) is 1.80. The van der Waals surface area contributed by atoms with Gasteiger partial charge < -0.3 is 10.4 Å². The number of benzene rings is 1. The Kier molecular flexibility index (Phi) is 6.18. The number of amides is 1. The SMILES string of the molecule is CC(CCNC(=O)/C=C/c1c(F)cccc1Cl)C(=O)O. The van der Waals surface area contributed by atoms with Crippen LogP contribution in [0, 0.1) is 11.7 Å². The number of carboxylic acids is 1. The van der Waals surface area contributed by atoms with Crippen LogP contribution in [0.25, 0.3) is 6.08 Å². The van der Waals surface area contributed by atoms with Crippen LogP contribution in [0.5, 0.6) is 0 Å². The largest absolute Gasteiger partial charge is 0.481 e. The highest BCUT2D eigenvalue weighted by molar-refractivity contribution is 6.32. The number of hydrogen-bond acceptors (Lipinski definition) is 2. The van der Waals surface area contributed by atoms with Gasteiger partial charge in [0, 0.05) is 18.2 Å². The van der Waals surface area contributed by atoms with Crippen LogP contribution in [0.15, 0.2) is 24.3 Å². The van der Waals surface area contributed by atoms with E-state index in [2.05, 4.69) is 5.32 Å². The number of carbonyl (C=O) groups is 2. The first-order chi connectivity index (χ1) is 9.41. The summed E-state index contributed by atoms with van der Waals surface area (Å²) in [5, 5.41) is 11.4. The van der Waals surface area contributed by atoms with Gasteiger partial charge in [0.1, 0.15) is 5.82 Å². The Hall–Kier alpha value is -1.88. The Balaban J connectivity index is 2.50. The molecule has 1 amide bonds. The van der Waals surface area contributed by atoms with Crippen molar-refractivity contribution in [1.29, 1.82) is 0 Å². The van der Waals surface area contributed by atoms with Crippen LogP contribution >= 0.6 is 11.6 Å². The monoisotopic (exact) mass is 299 g/mol. The number of hydrogen-bond donors (Lipinski definition) is 2. The maximum absolute atomic E-state index is 13.4. The van der Waals surface area contributed by atoms with Gasteiger partial charge in [0.15, 0.2) is 0 Å². The second kappa shape index (κ2) is 7.65. The number of carboxylic acid groups (broad SMARTS) is 1. The van der Waals surface area contributed by atoms with Crippen molar-refractivity contribution in [3.63, 3.8) is 0 Å². The average Bonchev–Trinajstić information content (AvgIpc) is 2.37. The molecule has 0 bridgehead atoms. The third-order valence-electron chi connectivity index (χ3n) is 2.70. The van der Waals surface area contributed by atoms with E-state index in [0.29, 0.717) is 6.42 Å². The smallest absolute Gasteiger partial charge is 0.306 e. The summed E-state index contributed by atoms with van der Waals surface area (Å²) in [4.78, 5) is 22.1. The molecule has 0 aliphatic rings. The average molecular weight is 300 g/mol. The standard InChI is InChI=1S/C14H15ClFNO3/c1-9(14(19)20)7-8-17-13(18)6-5-10-11(15)3-2-4-12(10)16/h2-6,9H,7-8H2,1H3,(H,17,18)(H,19,20)/b6-5+. The van der Waals surface area contributed by atoms with E-state index in [9.17, 15) is 14.0 Å². The van der Waals surface area contributed by atoms with Crippen molar-refractivity contribution in [2.45, 2.75) is 13.3 Å². The molecule has 1 atom stereocenters. The highest BCUT2D eigenvalue weighted by Crippen LogP contribution is 2.20. The van der Waals surface area contributed by atoms with Gasteiger partial charge in [-0.25, -0.2) is 4.39 Å². The molecule has 0 aromatic heterocycles. The van der Waals surface area contributed by atoms with E-state index < -0.39 is 23.6 Å². The maximum Gasteiger partial charge on any atom is 0.306 e. The summed E-state index contributed by atoms with van der Waals surface area (Å²) in [6, 6.07) is 4.25. The van der Waals surface area contributed by atoms with Crippen LogP contribution in [-0.2, 0) is 9.59 Å². The molecule has 0 spiro atoms. The molecule has 4 nitrogen and oxygen atoms in total. The molecule has 108 valence electrons. The molecule has 1 aromatic carbocycles. The Morgan fingerprint density at radius 2 is 2.20 bits per heavy atom. The Labute approximate surface area is 121 Å². The predicted octanol–water partition coefficient (Wildman–Crippen LogP) is 2.72. The fourth-order valence-corrected chi connectivity index (χ4v) is 1.65. The first-order valence-electron chi connectivity index (χ1n) is 6.04. The number of carbonyl (C=O) groups excluding carboxylic acids is 1. The Bertz CT molecular complexity index is 511. The normalized spacial score (nSPS) is 12.3. The Morgan fingerprint density at radius 3 is 2.80 bits per heavy atom. The van der Waals surface area contributed by atoms with Crippen LogP contribution in [0.4, 0.5) is 4.39 Å². The molecular formula is C14H15ClFNO3. The van der Waals surface area contributed by atoms with Crippen molar-refractivity contribution < 1.29 is 19.1 Å². The van der Waals surface area contributed by atoms with Gasteiger partial charge in [-0.15, -0.1) is 0 Å². The summed E-state index contributed by atoms with van der Waals surface area (Å²) in [5.41, 5.74) is 0.142. The molecule has 0 heterocycles. The van der Waals surface area contributed by atoms with Crippen molar-refractivity contribution in [3.05, 3.63) is 40.7 Å². The van der Waals surface area contributed by atoms with Crippen molar-refractivity contribution in [1.82, 2.24) is 5.32 Å². The first kappa shape index (κ1) is 16.2. The molecule has 0 fully saturated rings. The molecule has 6 heteroatoms. The Morgan fingerprint density at radius 1 is 1.50 bits per heavy atom. The molecule has 1 aromatic rings. The van der Waals surface area contributed by atoms with Crippen molar-refractivity contribution in [3.8, 4) is 0 Å². The zero-order valence-corrected chi connectivity index (χ0v) is 11.7. The highest BCUT2D eigenvalue weighted by atomic mass is 35.5. The van der Waals surface area contributed by atoms with Gasteiger partial charge in [0.2, 0.25) is 5.91 Å². The highest BCUT2D eigenvalue weighted by Gasteiger charge is 2.10. The summed E-state index contributed by atoms with van der Waals surface area (Å²) in [7, 11) is 0. The van der Waals surface area contributed by atoms with Gasteiger partial charge in [0.25, 0.3) is 0 Å². The fraction of sp³-hybridized carbons (Fsp3) is 0.286. The van der Waals surface area contributed by atoms with E-state index >= 15 is 0 Å². The van der Waals surface area contributed by atoms with Crippen molar-refractivity contribution >= 4 is 29.6 Å². The fourth-order valence-electron chi connectivity index (χ4n) is 1.42. The van der Waals surface area contributed by atoms with E-state index in [4.69, 9.17) is 16.7 Å². The molecule has 1 unspecified atom stereocenters. The lowest BCUT2D eigenvalue weighted by Gasteiger charge is -2.06. The van der Waals surface area contributed by atoms with Crippen LogP contribution in [0.1, 0.15) is 18.9 Å². The number of nitrogens with one attached hydrogen (secondary N) is 1. The second-order valence-corrected chi connectivity index (χ2v) is 4.69. The summed E-state index contributed by atoms with van der Waals surface area (Å²) in [5.74, 6) is -2.38. The van der Waals surface area contributed by atoms with Crippen LogP contribution in [0.2, 0.25) is 5.02 Å². The second-order valence-electron chi connectivity index (χ2n) is 4.29. The van der Waals surface area contributed by atoms with E-state index in [1.807, 2.05) is 0 Å². The first-order valence-corrected chi connectivity index (χ1v) is 6.42. The van der Waals surface area contributed by atoms with Crippen LogP contribution in [-0.4, -0.2) is 23.5 Å². The quantitative estimate of drug-likeness (QED) is 0.794. The summed E-state index contributed by atoms with van der Waals surface area (Å²) >= 11 is 5.81. The van der Waals surface area contributed by atoms with Gasteiger partial charge in [-0.05, 0) is 24.6 Å². The van der Waals surface area contributed by atoms with Gasteiger partial charge >= 0.3 is 5.97 Å². The number of aliphatic carboxylic acids is 1. The summed E-state index contributed by atoms with van der Waals surface area (Å²) in [6.07, 6.45) is 2.78. The van der Waals surface area contributed by atoms with Gasteiger partial charge in [-0.2, -0.15) is 0 Å². The maximum atomic E-state index is 13.4. The lowest BCUT2D eigenvalue weighted by Crippen LogP contribution is -2.25. The van der Waals surface area contributed by atoms with E-state index in [1.54, 1.807) is 6.92 Å². The molecule has 0 aliphatic carbocycles. The minimum atomic E-state index is -0.909. The molecule has 1 rings (SSSR count). The summed E-state index contributed by atoms with van der Waals surface area (Å²) < 4.78 is 13.4. The number of halogens is 2. The molecule has 0 aliphatic heterocycles. The van der Waals surface area contributed by atoms with E-state index in [-0.39, 0.29) is 17.1 Å². The number of rotatable bonds is 6. The molecule has 0 saturated carbocycles. The zero-order chi connectivity index (χ0) is 15.1. The lowest BCUT2D eigenvalue weighted by molar-refractivity contribution is -0.141. The van der Waals surface area contributed by atoms with Crippen molar-refractivity contribution in [2.24, 2.45) is 5.92 Å². The minimum Gasteiger partial charge on any atom is -0.481 e. The van der Waals surface area contributed by atoms with E-state index in [0.717, 1.165) is 6.08 Å². The minimum absolute atomic E-state index is 0.142. The third-order valence-corrected chi connectivity index (χ3v) is 3.03. The van der Waals surface area contributed by atoms with Crippen LogP contribution < -0.4 is 5.32 Å². The zero-order valence-electron chi connectivity index (χ0n) is 10.9. The molecule has 0 saturated heterocycles. The molecule has 2 N–H and O–H groups in total. The molecule has 20 heavy (non-hydrogen) atoms. The third kappa shape index (κ3) is 5.01. The predicted molar refractivity (Wildman–Crippen MR) is 74.9 cm³/mol. The van der Waals surface area contributed by atoms with Gasteiger partial charge in [-0.3, -0.25) is 9.59 Å². The van der Waals surface area contributed by atoms with Gasteiger partial charge in [-0.1, -0.05) is 24.6 Å². The molecule has 0 radical (unpaired) electrons. The van der Waals surface area contributed by atoms with Crippen molar-refractivity contribution in [2.75, 3.05) is 6.54 Å². The lowest BCUT2D eigenvalue weighted by atomic mass is 10.1. The van der Waals surface area contributed by atoms with Crippen LogP contribution in [0.3, 0.4) is 0 Å². The van der Waals surface area contributed by atoms with Gasteiger partial charge in [0.05, 0.1) is 10.9 Å². The molecular weight excluding hydrogens is 285 g/mol. The topological polar surface area (TPSA) is 66.4 Å². The van der Waals surface area contributed by atoms with E-state index in [1.165, 1.54) is 24.3 Å².